The van der Waals surface area contributed by atoms with E-state index in [-0.39, 0.29) is 11.9 Å². The van der Waals surface area contributed by atoms with Crippen LogP contribution in [0, 0.1) is 12.8 Å². The van der Waals surface area contributed by atoms with Crippen molar-refractivity contribution in [2.45, 2.75) is 40.5 Å². The van der Waals surface area contributed by atoms with E-state index < -0.39 is 0 Å². The first-order valence-corrected chi connectivity index (χ1v) is 6.27. The Morgan fingerprint density at radius 3 is 2.17 bits per heavy atom. The number of ether oxygens (including phenoxy) is 2. The van der Waals surface area contributed by atoms with Crippen LogP contribution in [0.5, 0.6) is 11.5 Å². The van der Waals surface area contributed by atoms with Crippen molar-refractivity contribution in [2.75, 3.05) is 7.11 Å². The predicted octanol–water partition coefficient (Wildman–Crippen LogP) is 3.69. The highest BCUT2D eigenvalue weighted by Crippen LogP contribution is 2.33. The zero-order valence-corrected chi connectivity index (χ0v) is 12.0. The molecule has 3 heteroatoms. The van der Waals surface area contributed by atoms with Gasteiger partial charge < -0.3 is 9.47 Å². The second-order valence-corrected chi connectivity index (χ2v) is 5.09. The van der Waals surface area contributed by atoms with Crippen molar-refractivity contribution in [2.24, 2.45) is 5.92 Å². The van der Waals surface area contributed by atoms with Crippen molar-refractivity contribution in [3.05, 3.63) is 23.3 Å². The van der Waals surface area contributed by atoms with E-state index in [1.54, 1.807) is 7.11 Å². The summed E-state index contributed by atoms with van der Waals surface area (Å²) in [6, 6.07) is 3.82. The highest BCUT2D eigenvalue weighted by Gasteiger charge is 2.15. The van der Waals surface area contributed by atoms with E-state index in [1.165, 1.54) is 0 Å². The summed E-state index contributed by atoms with van der Waals surface area (Å²) in [4.78, 5) is 11.6. The summed E-state index contributed by atoms with van der Waals surface area (Å²) in [6.45, 7) is 9.73. The Hall–Kier alpha value is -1.51. The standard InChI is InChI=1S/C15H22O3/c1-9(2)12-8-13(18-15(16)10(3)4)11(5)7-14(12)17-6/h7-10H,1-6H3. The molecule has 18 heavy (non-hydrogen) atoms. The number of benzene rings is 1. The molecule has 0 aliphatic rings. The molecule has 0 fully saturated rings. The van der Waals surface area contributed by atoms with E-state index in [2.05, 4.69) is 13.8 Å². The topological polar surface area (TPSA) is 35.5 Å². The van der Waals surface area contributed by atoms with E-state index in [0.29, 0.717) is 11.7 Å². The van der Waals surface area contributed by atoms with Crippen molar-refractivity contribution in [1.82, 2.24) is 0 Å². The number of methoxy groups -OCH3 is 1. The summed E-state index contributed by atoms with van der Waals surface area (Å²) in [5.41, 5.74) is 1.96. The van der Waals surface area contributed by atoms with Gasteiger partial charge in [0.15, 0.2) is 0 Å². The number of hydrogen-bond donors (Lipinski definition) is 0. The lowest BCUT2D eigenvalue weighted by Crippen LogP contribution is -2.15. The molecule has 0 N–H and O–H groups in total. The first-order chi connectivity index (χ1) is 8.36. The lowest BCUT2D eigenvalue weighted by molar-refractivity contribution is -0.137. The molecular formula is C15H22O3. The van der Waals surface area contributed by atoms with Gasteiger partial charge in [0, 0.05) is 5.56 Å². The van der Waals surface area contributed by atoms with Crippen LogP contribution in [0.25, 0.3) is 0 Å². The summed E-state index contributed by atoms with van der Waals surface area (Å²) in [5, 5.41) is 0. The van der Waals surface area contributed by atoms with Gasteiger partial charge in [-0.1, -0.05) is 27.7 Å². The maximum atomic E-state index is 11.6. The Kier molecular flexibility index (Phi) is 4.76. The molecule has 0 radical (unpaired) electrons. The SMILES string of the molecule is COc1cc(C)c(OC(=O)C(C)C)cc1C(C)C. The molecule has 3 nitrogen and oxygen atoms in total. The third-order valence-corrected chi connectivity index (χ3v) is 2.83. The Morgan fingerprint density at radius 1 is 1.11 bits per heavy atom. The molecule has 0 atom stereocenters. The molecule has 0 unspecified atom stereocenters. The zero-order chi connectivity index (χ0) is 13.9. The molecule has 0 amide bonds. The van der Waals surface area contributed by atoms with E-state index in [4.69, 9.17) is 9.47 Å². The fraction of sp³-hybridized carbons (Fsp3) is 0.533. The van der Waals surface area contributed by atoms with Crippen LogP contribution < -0.4 is 9.47 Å². The molecule has 0 spiro atoms. The van der Waals surface area contributed by atoms with E-state index in [9.17, 15) is 4.79 Å². The molecule has 0 aliphatic carbocycles. The van der Waals surface area contributed by atoms with E-state index in [1.807, 2.05) is 32.9 Å². The molecule has 0 bridgehead atoms. The molecule has 0 saturated heterocycles. The van der Waals surface area contributed by atoms with E-state index >= 15 is 0 Å². The largest absolute Gasteiger partial charge is 0.496 e. The molecule has 0 heterocycles. The zero-order valence-electron chi connectivity index (χ0n) is 12.0. The van der Waals surface area contributed by atoms with Gasteiger partial charge in [-0.15, -0.1) is 0 Å². The summed E-state index contributed by atoms with van der Waals surface area (Å²) >= 11 is 0. The Balaban J connectivity index is 3.13. The maximum absolute atomic E-state index is 11.6. The van der Waals surface area contributed by atoms with Crippen molar-refractivity contribution in [1.29, 1.82) is 0 Å². The van der Waals surface area contributed by atoms with Crippen LogP contribution in [-0.2, 0) is 4.79 Å². The quantitative estimate of drug-likeness (QED) is 0.604. The van der Waals surface area contributed by atoms with Gasteiger partial charge in [-0.25, -0.2) is 0 Å². The van der Waals surface area contributed by atoms with Crippen molar-refractivity contribution in [3.63, 3.8) is 0 Å². The smallest absolute Gasteiger partial charge is 0.313 e. The van der Waals surface area contributed by atoms with Crippen LogP contribution in [0.2, 0.25) is 0 Å². The van der Waals surface area contributed by atoms with Crippen LogP contribution >= 0.6 is 0 Å². The molecular weight excluding hydrogens is 228 g/mol. The highest BCUT2D eigenvalue weighted by molar-refractivity contribution is 5.75. The van der Waals surface area contributed by atoms with Gasteiger partial charge in [0.25, 0.3) is 0 Å². The second kappa shape index (κ2) is 5.89. The van der Waals surface area contributed by atoms with Crippen LogP contribution in [-0.4, -0.2) is 13.1 Å². The van der Waals surface area contributed by atoms with Crippen LogP contribution in [0.15, 0.2) is 12.1 Å². The van der Waals surface area contributed by atoms with Crippen LogP contribution in [0.3, 0.4) is 0 Å². The Morgan fingerprint density at radius 2 is 1.72 bits per heavy atom. The number of aryl methyl sites for hydroxylation is 1. The summed E-state index contributed by atoms with van der Waals surface area (Å²) in [7, 11) is 1.65. The second-order valence-electron chi connectivity index (χ2n) is 5.09. The molecule has 100 valence electrons. The first kappa shape index (κ1) is 14.6. The number of rotatable bonds is 4. The van der Waals surface area contributed by atoms with Crippen LogP contribution in [0.4, 0.5) is 0 Å². The van der Waals surface area contributed by atoms with Gasteiger partial charge in [0.05, 0.1) is 13.0 Å². The number of esters is 1. The minimum Gasteiger partial charge on any atom is -0.496 e. The van der Waals surface area contributed by atoms with Gasteiger partial charge in [-0.3, -0.25) is 4.79 Å². The molecule has 0 saturated carbocycles. The lowest BCUT2D eigenvalue weighted by Gasteiger charge is -2.16. The fourth-order valence-electron chi connectivity index (χ4n) is 1.64. The van der Waals surface area contributed by atoms with E-state index in [0.717, 1.165) is 16.9 Å². The highest BCUT2D eigenvalue weighted by atomic mass is 16.5. The molecule has 0 aromatic heterocycles. The molecule has 1 aromatic rings. The average molecular weight is 250 g/mol. The minimum atomic E-state index is -0.210. The summed E-state index contributed by atoms with van der Waals surface area (Å²) in [5.74, 6) is 1.44. The molecule has 1 rings (SSSR count). The van der Waals surface area contributed by atoms with Gasteiger partial charge in [-0.05, 0) is 30.5 Å². The Bertz CT molecular complexity index is 434. The Labute approximate surface area is 109 Å². The number of carbonyl (C=O) groups excluding carboxylic acids is 1. The van der Waals surface area contributed by atoms with Crippen molar-refractivity contribution < 1.29 is 14.3 Å². The minimum absolute atomic E-state index is 0.131. The molecule has 1 aromatic carbocycles. The monoisotopic (exact) mass is 250 g/mol. The van der Waals surface area contributed by atoms with Crippen molar-refractivity contribution in [3.8, 4) is 11.5 Å². The normalized spacial score (nSPS) is 10.9. The molecule has 0 aliphatic heterocycles. The maximum Gasteiger partial charge on any atom is 0.313 e. The summed E-state index contributed by atoms with van der Waals surface area (Å²) < 4.78 is 10.8. The summed E-state index contributed by atoms with van der Waals surface area (Å²) in [6.07, 6.45) is 0. The number of carbonyl (C=O) groups is 1. The lowest BCUT2D eigenvalue weighted by atomic mass is 10.00. The van der Waals surface area contributed by atoms with Crippen LogP contribution in [0.1, 0.15) is 44.7 Å². The average Bonchev–Trinajstić information content (AvgIpc) is 2.30. The first-order valence-electron chi connectivity index (χ1n) is 6.27. The van der Waals surface area contributed by atoms with Gasteiger partial charge >= 0.3 is 5.97 Å². The van der Waals surface area contributed by atoms with Gasteiger partial charge in [0.1, 0.15) is 11.5 Å². The predicted molar refractivity (Wildman–Crippen MR) is 72.3 cm³/mol. The van der Waals surface area contributed by atoms with Crippen molar-refractivity contribution >= 4 is 5.97 Å². The fourth-order valence-corrected chi connectivity index (χ4v) is 1.64. The third-order valence-electron chi connectivity index (χ3n) is 2.83. The third kappa shape index (κ3) is 3.25. The van der Waals surface area contributed by atoms with Gasteiger partial charge in [0.2, 0.25) is 0 Å². The van der Waals surface area contributed by atoms with Gasteiger partial charge in [-0.2, -0.15) is 0 Å². The number of hydrogen-bond acceptors (Lipinski definition) is 3.